The van der Waals surface area contributed by atoms with Gasteiger partial charge in [-0.3, -0.25) is 0 Å². The van der Waals surface area contributed by atoms with Crippen LogP contribution >= 0.6 is 23.2 Å². The largest absolute Gasteiger partial charge is 0.349 e. The van der Waals surface area contributed by atoms with E-state index in [0.29, 0.717) is 10.0 Å². The lowest BCUT2D eigenvalue weighted by Crippen LogP contribution is -2.11. The zero-order chi connectivity index (χ0) is 19.7. The molecule has 3 nitrogen and oxygen atoms in total. The van der Waals surface area contributed by atoms with Gasteiger partial charge in [0.1, 0.15) is 0 Å². The monoisotopic (exact) mass is 409 g/mol. The van der Waals surface area contributed by atoms with Crippen molar-refractivity contribution in [3.8, 4) is 11.3 Å². The van der Waals surface area contributed by atoms with Crippen LogP contribution in [0, 0.1) is 6.92 Å². The van der Waals surface area contributed by atoms with Gasteiger partial charge in [0.15, 0.2) is 0 Å². The summed E-state index contributed by atoms with van der Waals surface area (Å²) < 4.78 is 0. The molecule has 1 heterocycles. The topological polar surface area (TPSA) is 40.7 Å². The normalized spacial score (nSPS) is 12.3. The van der Waals surface area contributed by atoms with Crippen LogP contribution in [0.5, 0.6) is 0 Å². The number of aromatic amines is 1. The van der Waals surface area contributed by atoms with Gasteiger partial charge < -0.3 is 10.3 Å². The highest BCUT2D eigenvalue weighted by atomic mass is 35.5. The molecule has 0 spiro atoms. The Labute approximate surface area is 174 Å². The third kappa shape index (κ3) is 3.60. The summed E-state index contributed by atoms with van der Waals surface area (Å²) in [5, 5.41) is 7.24. The molecule has 1 atom stereocenters. The summed E-state index contributed by atoms with van der Waals surface area (Å²) in [6.07, 6.45) is 2.74. The first-order valence-corrected chi connectivity index (χ1v) is 10.1. The van der Waals surface area contributed by atoms with E-state index in [9.17, 15) is 0 Å². The molecule has 5 heteroatoms. The molecule has 28 heavy (non-hydrogen) atoms. The van der Waals surface area contributed by atoms with Gasteiger partial charge in [-0.15, -0.1) is 0 Å². The van der Waals surface area contributed by atoms with Crippen LogP contribution < -0.4 is 5.32 Å². The summed E-state index contributed by atoms with van der Waals surface area (Å²) in [6, 6.07) is 18.3. The molecule has 1 unspecified atom stereocenters. The molecule has 0 amide bonds. The molecule has 0 aliphatic rings. The minimum absolute atomic E-state index is 0.0430. The Kier molecular flexibility index (Phi) is 5.29. The average molecular weight is 410 g/mol. The molecule has 1 aromatic heterocycles. The summed E-state index contributed by atoms with van der Waals surface area (Å²) >= 11 is 12.4. The molecule has 0 aliphatic carbocycles. The molecular weight excluding hydrogens is 389 g/mol. The summed E-state index contributed by atoms with van der Waals surface area (Å²) in [5.74, 6) is 0.723. The number of benzene rings is 3. The van der Waals surface area contributed by atoms with Crippen molar-refractivity contribution >= 4 is 39.9 Å². The lowest BCUT2D eigenvalue weighted by Gasteiger charge is -2.18. The number of nitrogens with one attached hydrogen (secondary N) is 2. The summed E-state index contributed by atoms with van der Waals surface area (Å²) in [7, 11) is 0. The van der Waals surface area contributed by atoms with E-state index in [1.54, 1.807) is 6.07 Å². The van der Waals surface area contributed by atoms with E-state index in [2.05, 4.69) is 65.5 Å². The van der Waals surface area contributed by atoms with Gasteiger partial charge in [0, 0.05) is 15.6 Å². The maximum Gasteiger partial charge on any atom is 0.201 e. The van der Waals surface area contributed by atoms with Crippen molar-refractivity contribution < 1.29 is 0 Å². The number of halogens is 2. The highest BCUT2D eigenvalue weighted by molar-refractivity contribution is 6.35. The van der Waals surface area contributed by atoms with E-state index in [1.807, 2.05) is 18.3 Å². The minimum atomic E-state index is 0.0430. The molecule has 0 radical (unpaired) electrons. The number of fused-ring (bicyclic) bond motifs is 1. The first kappa shape index (κ1) is 18.9. The number of hydrogen-bond donors (Lipinski definition) is 2. The Morgan fingerprint density at radius 3 is 2.68 bits per heavy atom. The molecule has 0 saturated heterocycles. The zero-order valence-corrected chi connectivity index (χ0v) is 17.3. The standard InChI is InChI=1S/C23H21Cl2N3/c1-3-21(19-11-9-16(24)12-20(19)25)27-23-26-13-22(28-23)18-10-8-15-6-4-5-7-17(15)14(18)2/h4-13,21H,3H2,1-2H3,(H2,26,27,28). The third-order valence-electron chi connectivity index (χ3n) is 5.12. The van der Waals surface area contributed by atoms with Gasteiger partial charge in [0.05, 0.1) is 17.9 Å². The number of aromatic nitrogens is 2. The molecule has 0 aliphatic heterocycles. The fourth-order valence-corrected chi connectivity index (χ4v) is 4.14. The smallest absolute Gasteiger partial charge is 0.201 e. The fraction of sp³-hybridized carbons (Fsp3) is 0.174. The maximum absolute atomic E-state index is 6.39. The van der Waals surface area contributed by atoms with Crippen LogP contribution in [-0.2, 0) is 0 Å². The van der Waals surface area contributed by atoms with Gasteiger partial charge in [-0.25, -0.2) is 4.98 Å². The predicted molar refractivity (Wildman–Crippen MR) is 119 cm³/mol. The van der Waals surface area contributed by atoms with E-state index < -0.39 is 0 Å². The number of rotatable bonds is 5. The van der Waals surface area contributed by atoms with Crippen LogP contribution in [0.3, 0.4) is 0 Å². The van der Waals surface area contributed by atoms with Crippen molar-refractivity contribution in [3.63, 3.8) is 0 Å². The molecule has 142 valence electrons. The van der Waals surface area contributed by atoms with Crippen LogP contribution in [0.1, 0.15) is 30.5 Å². The zero-order valence-electron chi connectivity index (χ0n) is 15.8. The Bertz CT molecular complexity index is 1130. The molecule has 3 aromatic carbocycles. The van der Waals surface area contributed by atoms with E-state index in [4.69, 9.17) is 23.2 Å². The number of hydrogen-bond acceptors (Lipinski definition) is 2. The van der Waals surface area contributed by atoms with E-state index in [1.165, 1.54) is 16.3 Å². The Morgan fingerprint density at radius 1 is 1.07 bits per heavy atom. The minimum Gasteiger partial charge on any atom is -0.349 e. The van der Waals surface area contributed by atoms with E-state index >= 15 is 0 Å². The summed E-state index contributed by atoms with van der Waals surface area (Å²) in [6.45, 7) is 4.26. The van der Waals surface area contributed by atoms with Crippen molar-refractivity contribution in [1.82, 2.24) is 9.97 Å². The van der Waals surface area contributed by atoms with Crippen molar-refractivity contribution in [2.45, 2.75) is 26.3 Å². The Morgan fingerprint density at radius 2 is 1.89 bits per heavy atom. The van der Waals surface area contributed by atoms with Gasteiger partial charge in [-0.2, -0.15) is 0 Å². The lowest BCUT2D eigenvalue weighted by atomic mass is 9.99. The highest BCUT2D eigenvalue weighted by Gasteiger charge is 2.15. The molecule has 0 fully saturated rings. The fourth-order valence-electron chi connectivity index (χ4n) is 3.60. The predicted octanol–water partition coefficient (Wildman–Crippen LogP) is 7.41. The van der Waals surface area contributed by atoms with Gasteiger partial charge in [0.2, 0.25) is 5.95 Å². The SMILES string of the molecule is CCC(Nc1ncc(-c2ccc3ccccc3c2C)[nH]1)c1ccc(Cl)cc1Cl. The lowest BCUT2D eigenvalue weighted by molar-refractivity contribution is 0.741. The van der Waals surface area contributed by atoms with Crippen LogP contribution in [0.4, 0.5) is 5.95 Å². The Hall–Kier alpha value is -2.49. The van der Waals surface area contributed by atoms with Gasteiger partial charge in [-0.1, -0.05) is 72.6 Å². The second-order valence-corrected chi connectivity index (χ2v) is 7.72. The van der Waals surface area contributed by atoms with Crippen molar-refractivity contribution in [1.29, 1.82) is 0 Å². The summed E-state index contributed by atoms with van der Waals surface area (Å²) in [4.78, 5) is 7.95. The molecule has 0 bridgehead atoms. The van der Waals surface area contributed by atoms with Gasteiger partial charge >= 0.3 is 0 Å². The third-order valence-corrected chi connectivity index (χ3v) is 5.68. The van der Waals surface area contributed by atoms with Crippen molar-refractivity contribution in [3.05, 3.63) is 82.0 Å². The van der Waals surface area contributed by atoms with E-state index in [-0.39, 0.29) is 6.04 Å². The first-order chi connectivity index (χ1) is 13.6. The average Bonchev–Trinajstić information content (AvgIpc) is 3.15. The number of imidazole rings is 1. The van der Waals surface area contributed by atoms with Crippen LogP contribution in [-0.4, -0.2) is 9.97 Å². The maximum atomic E-state index is 6.39. The number of aryl methyl sites for hydroxylation is 1. The van der Waals surface area contributed by atoms with Gasteiger partial charge in [-0.05, 0) is 47.4 Å². The highest BCUT2D eigenvalue weighted by Crippen LogP contribution is 2.32. The molecule has 4 aromatic rings. The van der Waals surface area contributed by atoms with Crippen LogP contribution in [0.25, 0.3) is 22.0 Å². The number of anilines is 1. The molecule has 2 N–H and O–H groups in total. The van der Waals surface area contributed by atoms with E-state index in [0.717, 1.165) is 29.2 Å². The number of H-pyrrole nitrogens is 1. The second kappa shape index (κ2) is 7.86. The first-order valence-electron chi connectivity index (χ1n) is 9.32. The van der Waals surface area contributed by atoms with Gasteiger partial charge in [0.25, 0.3) is 0 Å². The van der Waals surface area contributed by atoms with Crippen LogP contribution in [0.15, 0.2) is 60.8 Å². The van der Waals surface area contributed by atoms with Crippen molar-refractivity contribution in [2.75, 3.05) is 5.32 Å². The molecule has 0 saturated carbocycles. The Balaban J connectivity index is 1.63. The molecule has 4 rings (SSSR count). The molecular formula is C23H21Cl2N3. The van der Waals surface area contributed by atoms with Crippen LogP contribution in [0.2, 0.25) is 10.0 Å². The number of nitrogens with zero attached hydrogens (tertiary/aromatic N) is 1. The van der Waals surface area contributed by atoms with Crippen molar-refractivity contribution in [2.24, 2.45) is 0 Å². The quantitative estimate of drug-likeness (QED) is 0.360. The summed E-state index contributed by atoms with van der Waals surface area (Å²) in [5.41, 5.74) is 4.38. The second-order valence-electron chi connectivity index (χ2n) is 6.88.